The number of carbonyl (C=O) groups is 1. The van der Waals surface area contributed by atoms with E-state index in [0.717, 1.165) is 18.7 Å². The summed E-state index contributed by atoms with van der Waals surface area (Å²) in [4.78, 5) is 11.8. The van der Waals surface area contributed by atoms with Crippen LogP contribution in [-0.4, -0.2) is 26.0 Å². The number of aryl methyl sites for hydroxylation is 1. The Morgan fingerprint density at radius 1 is 1.22 bits per heavy atom. The maximum absolute atomic E-state index is 11.8. The van der Waals surface area contributed by atoms with Crippen LogP contribution in [0.25, 0.3) is 0 Å². The fourth-order valence-electron chi connectivity index (χ4n) is 2.21. The van der Waals surface area contributed by atoms with Gasteiger partial charge in [-0.3, -0.25) is 4.79 Å². The standard InChI is InChI=1S/C15H22N2O/c1-12-3-5-13(6-4-12)9-14(18)17-11-15(7-8-15)10-16-2/h3-6,16H,7-11H2,1-2H3,(H,17,18). The first-order valence-electron chi connectivity index (χ1n) is 6.60. The van der Waals surface area contributed by atoms with Crippen molar-refractivity contribution >= 4 is 5.91 Å². The van der Waals surface area contributed by atoms with Crippen LogP contribution in [0.1, 0.15) is 24.0 Å². The molecule has 18 heavy (non-hydrogen) atoms. The Morgan fingerprint density at radius 3 is 2.44 bits per heavy atom. The molecule has 1 fully saturated rings. The molecule has 0 atom stereocenters. The summed E-state index contributed by atoms with van der Waals surface area (Å²) in [6.45, 7) is 3.86. The molecule has 1 saturated carbocycles. The minimum atomic E-state index is 0.126. The molecule has 2 N–H and O–H groups in total. The van der Waals surface area contributed by atoms with E-state index in [-0.39, 0.29) is 5.91 Å². The molecule has 1 aromatic rings. The normalized spacial score (nSPS) is 16.3. The van der Waals surface area contributed by atoms with E-state index in [1.807, 2.05) is 31.3 Å². The van der Waals surface area contributed by atoms with E-state index >= 15 is 0 Å². The highest BCUT2D eigenvalue weighted by molar-refractivity contribution is 5.78. The lowest BCUT2D eigenvalue weighted by Crippen LogP contribution is -2.35. The summed E-state index contributed by atoms with van der Waals surface area (Å²) in [7, 11) is 1.97. The summed E-state index contributed by atoms with van der Waals surface area (Å²) in [5, 5.41) is 6.25. The Hall–Kier alpha value is -1.35. The van der Waals surface area contributed by atoms with Gasteiger partial charge in [-0.1, -0.05) is 29.8 Å². The SMILES string of the molecule is CNCC1(CNC(=O)Cc2ccc(C)cc2)CC1. The number of rotatable bonds is 6. The molecule has 3 heteroatoms. The lowest BCUT2D eigenvalue weighted by Gasteiger charge is -2.15. The first-order valence-corrected chi connectivity index (χ1v) is 6.60. The minimum absolute atomic E-state index is 0.126. The average molecular weight is 246 g/mol. The van der Waals surface area contributed by atoms with Crippen molar-refractivity contribution in [3.63, 3.8) is 0 Å². The zero-order chi connectivity index (χ0) is 13.0. The van der Waals surface area contributed by atoms with Gasteiger partial charge in [0.2, 0.25) is 5.91 Å². The van der Waals surface area contributed by atoms with Gasteiger partial charge in [0.25, 0.3) is 0 Å². The molecule has 0 spiro atoms. The zero-order valence-corrected chi connectivity index (χ0v) is 11.3. The zero-order valence-electron chi connectivity index (χ0n) is 11.3. The first-order chi connectivity index (χ1) is 8.63. The van der Waals surface area contributed by atoms with E-state index in [4.69, 9.17) is 0 Å². The Balaban J connectivity index is 1.77. The van der Waals surface area contributed by atoms with E-state index in [9.17, 15) is 4.79 Å². The van der Waals surface area contributed by atoms with Crippen molar-refractivity contribution in [2.24, 2.45) is 5.41 Å². The maximum Gasteiger partial charge on any atom is 0.224 e. The molecule has 0 saturated heterocycles. The molecule has 1 amide bonds. The van der Waals surface area contributed by atoms with Gasteiger partial charge in [0, 0.05) is 18.5 Å². The number of nitrogens with one attached hydrogen (secondary N) is 2. The van der Waals surface area contributed by atoms with Crippen molar-refractivity contribution in [1.82, 2.24) is 10.6 Å². The number of benzene rings is 1. The molecule has 0 heterocycles. The van der Waals surface area contributed by atoms with Crippen LogP contribution in [0, 0.1) is 12.3 Å². The van der Waals surface area contributed by atoms with Crippen LogP contribution >= 0.6 is 0 Å². The molecule has 1 aromatic carbocycles. The van der Waals surface area contributed by atoms with Gasteiger partial charge in [-0.25, -0.2) is 0 Å². The van der Waals surface area contributed by atoms with Gasteiger partial charge in [0.15, 0.2) is 0 Å². The Bertz CT molecular complexity index is 407. The second kappa shape index (κ2) is 5.53. The van der Waals surface area contributed by atoms with Crippen LogP contribution in [0.3, 0.4) is 0 Å². The van der Waals surface area contributed by atoms with Gasteiger partial charge in [0.1, 0.15) is 0 Å². The van der Waals surface area contributed by atoms with E-state index in [2.05, 4.69) is 17.6 Å². The quantitative estimate of drug-likeness (QED) is 0.801. The number of amides is 1. The van der Waals surface area contributed by atoms with Crippen LogP contribution in [0.2, 0.25) is 0 Å². The van der Waals surface area contributed by atoms with E-state index in [1.165, 1.54) is 18.4 Å². The van der Waals surface area contributed by atoms with Crippen molar-refractivity contribution in [1.29, 1.82) is 0 Å². The lowest BCUT2D eigenvalue weighted by molar-refractivity contribution is -0.120. The van der Waals surface area contributed by atoms with Gasteiger partial charge in [-0.2, -0.15) is 0 Å². The van der Waals surface area contributed by atoms with E-state index in [0.29, 0.717) is 11.8 Å². The van der Waals surface area contributed by atoms with E-state index in [1.54, 1.807) is 0 Å². The fraction of sp³-hybridized carbons (Fsp3) is 0.533. The predicted octanol–water partition coefficient (Wildman–Crippen LogP) is 1.65. The summed E-state index contributed by atoms with van der Waals surface area (Å²) in [6.07, 6.45) is 2.92. The third-order valence-electron chi connectivity index (χ3n) is 3.65. The summed E-state index contributed by atoms with van der Waals surface area (Å²) in [5.74, 6) is 0.126. The monoisotopic (exact) mass is 246 g/mol. The van der Waals surface area contributed by atoms with Crippen LogP contribution in [-0.2, 0) is 11.2 Å². The smallest absolute Gasteiger partial charge is 0.224 e. The third-order valence-corrected chi connectivity index (χ3v) is 3.65. The number of hydrogen-bond acceptors (Lipinski definition) is 2. The van der Waals surface area contributed by atoms with Crippen LogP contribution in [0.4, 0.5) is 0 Å². The molecule has 0 aliphatic heterocycles. The molecule has 2 rings (SSSR count). The molecule has 98 valence electrons. The second-order valence-electron chi connectivity index (χ2n) is 5.47. The van der Waals surface area contributed by atoms with Gasteiger partial charge in [-0.05, 0) is 32.4 Å². The molecule has 0 radical (unpaired) electrons. The molecule has 1 aliphatic rings. The molecular weight excluding hydrogens is 224 g/mol. The summed E-state index contributed by atoms with van der Waals surface area (Å²) in [5.41, 5.74) is 2.64. The van der Waals surface area contributed by atoms with Gasteiger partial charge < -0.3 is 10.6 Å². The van der Waals surface area contributed by atoms with Gasteiger partial charge in [0.05, 0.1) is 6.42 Å². The Morgan fingerprint density at radius 2 is 1.89 bits per heavy atom. The molecule has 1 aliphatic carbocycles. The van der Waals surface area contributed by atoms with Crippen LogP contribution in [0.5, 0.6) is 0 Å². The van der Waals surface area contributed by atoms with Gasteiger partial charge >= 0.3 is 0 Å². The van der Waals surface area contributed by atoms with E-state index < -0.39 is 0 Å². The highest BCUT2D eigenvalue weighted by Gasteiger charge is 2.41. The summed E-state index contributed by atoms with van der Waals surface area (Å²) < 4.78 is 0. The number of carbonyl (C=O) groups excluding carboxylic acids is 1. The molecule has 0 unspecified atom stereocenters. The highest BCUT2D eigenvalue weighted by Crippen LogP contribution is 2.44. The molecule has 3 nitrogen and oxygen atoms in total. The largest absolute Gasteiger partial charge is 0.355 e. The van der Waals surface area contributed by atoms with Crippen molar-refractivity contribution < 1.29 is 4.79 Å². The van der Waals surface area contributed by atoms with Crippen molar-refractivity contribution in [3.8, 4) is 0 Å². The lowest BCUT2D eigenvalue weighted by atomic mass is 10.1. The minimum Gasteiger partial charge on any atom is -0.355 e. The predicted molar refractivity (Wildman–Crippen MR) is 73.5 cm³/mol. The molecule has 0 bridgehead atoms. The van der Waals surface area contributed by atoms with Crippen molar-refractivity contribution in [2.45, 2.75) is 26.2 Å². The average Bonchev–Trinajstić information content (AvgIpc) is 3.11. The van der Waals surface area contributed by atoms with Crippen LogP contribution in [0.15, 0.2) is 24.3 Å². The van der Waals surface area contributed by atoms with Crippen LogP contribution < -0.4 is 10.6 Å². The van der Waals surface area contributed by atoms with Crippen molar-refractivity contribution in [2.75, 3.05) is 20.1 Å². The van der Waals surface area contributed by atoms with Crippen molar-refractivity contribution in [3.05, 3.63) is 35.4 Å². The fourth-order valence-corrected chi connectivity index (χ4v) is 2.21. The van der Waals surface area contributed by atoms with Gasteiger partial charge in [-0.15, -0.1) is 0 Å². The maximum atomic E-state index is 11.8. The third kappa shape index (κ3) is 3.57. The first kappa shape index (κ1) is 13.1. The number of hydrogen-bond donors (Lipinski definition) is 2. The Kier molecular flexibility index (Phi) is 4.02. The second-order valence-corrected chi connectivity index (χ2v) is 5.47. The highest BCUT2D eigenvalue weighted by atomic mass is 16.1. The topological polar surface area (TPSA) is 41.1 Å². The molecular formula is C15H22N2O. The summed E-state index contributed by atoms with van der Waals surface area (Å²) >= 11 is 0. The molecule has 0 aromatic heterocycles. The Labute approximate surface area is 109 Å². The summed E-state index contributed by atoms with van der Waals surface area (Å²) in [6, 6.07) is 8.14.